The summed E-state index contributed by atoms with van der Waals surface area (Å²) < 4.78 is 38.5. The first kappa shape index (κ1) is 17.0. The maximum atomic E-state index is 12.4. The van der Waals surface area contributed by atoms with Gasteiger partial charge in [0, 0.05) is 19.2 Å². The van der Waals surface area contributed by atoms with Crippen molar-refractivity contribution in [1.29, 1.82) is 0 Å². The van der Waals surface area contributed by atoms with Crippen LogP contribution in [0.5, 0.6) is 0 Å². The number of carbonyl (C=O) groups excluding carboxylic acids is 1. The Hall–Kier alpha value is -2.10. The molecule has 0 saturated heterocycles. The first-order valence-electron chi connectivity index (χ1n) is 6.01. The molecule has 1 aromatic heterocycles. The SMILES string of the molecule is CCn1cc([N+](=O)[O-])cc1C(=O)N(CCO)CC(F)(F)F. The van der Waals surface area contributed by atoms with Gasteiger partial charge in [-0.3, -0.25) is 14.9 Å². The van der Waals surface area contributed by atoms with Crippen LogP contribution >= 0.6 is 0 Å². The summed E-state index contributed by atoms with van der Waals surface area (Å²) in [4.78, 5) is 22.5. The topological polar surface area (TPSA) is 88.6 Å². The molecule has 0 fully saturated rings. The monoisotopic (exact) mass is 309 g/mol. The van der Waals surface area contributed by atoms with Crippen LogP contribution in [0.3, 0.4) is 0 Å². The Morgan fingerprint density at radius 1 is 1.52 bits per heavy atom. The molecule has 1 amide bonds. The number of aliphatic hydroxyl groups excluding tert-OH is 1. The number of aliphatic hydroxyl groups is 1. The van der Waals surface area contributed by atoms with Crippen LogP contribution in [0.2, 0.25) is 0 Å². The summed E-state index contributed by atoms with van der Waals surface area (Å²) in [5, 5.41) is 19.4. The van der Waals surface area contributed by atoms with Gasteiger partial charge in [-0.05, 0) is 6.92 Å². The minimum atomic E-state index is -4.62. The Balaban J connectivity index is 3.10. The summed E-state index contributed by atoms with van der Waals surface area (Å²) in [5.41, 5.74) is -0.599. The van der Waals surface area contributed by atoms with Gasteiger partial charge in [0.2, 0.25) is 0 Å². The normalized spacial score (nSPS) is 11.5. The van der Waals surface area contributed by atoms with E-state index in [1.807, 2.05) is 0 Å². The van der Waals surface area contributed by atoms with Crippen molar-refractivity contribution in [3.63, 3.8) is 0 Å². The standard InChI is InChI=1S/C11H14F3N3O4/c1-2-15-6-8(17(20)21)5-9(15)10(19)16(3-4-18)7-11(12,13)14/h5-6,18H,2-4,7H2,1H3. The van der Waals surface area contributed by atoms with Crippen LogP contribution in [-0.4, -0.2) is 51.3 Å². The molecule has 10 heteroatoms. The predicted molar refractivity (Wildman–Crippen MR) is 65.8 cm³/mol. The van der Waals surface area contributed by atoms with E-state index in [9.17, 15) is 28.1 Å². The third kappa shape index (κ3) is 4.45. The number of rotatable bonds is 6. The van der Waals surface area contributed by atoms with Crippen LogP contribution in [-0.2, 0) is 6.54 Å². The molecule has 0 radical (unpaired) electrons. The van der Waals surface area contributed by atoms with Crippen LogP contribution in [0.25, 0.3) is 0 Å². The third-order valence-corrected chi connectivity index (χ3v) is 2.68. The van der Waals surface area contributed by atoms with Crippen molar-refractivity contribution in [3.8, 4) is 0 Å². The van der Waals surface area contributed by atoms with Gasteiger partial charge in [0.1, 0.15) is 12.2 Å². The molecule has 0 spiro atoms. The molecule has 0 aliphatic rings. The molecule has 0 aliphatic carbocycles. The lowest BCUT2D eigenvalue weighted by molar-refractivity contribution is -0.384. The van der Waals surface area contributed by atoms with Crippen molar-refractivity contribution in [2.75, 3.05) is 19.7 Å². The summed E-state index contributed by atoms with van der Waals surface area (Å²) in [6.45, 7) is -0.901. The highest BCUT2D eigenvalue weighted by atomic mass is 19.4. The van der Waals surface area contributed by atoms with E-state index in [4.69, 9.17) is 5.11 Å². The van der Waals surface area contributed by atoms with E-state index < -0.39 is 36.7 Å². The van der Waals surface area contributed by atoms with Gasteiger partial charge in [-0.15, -0.1) is 0 Å². The molecule has 0 bridgehead atoms. The highest BCUT2D eigenvalue weighted by Crippen LogP contribution is 2.21. The Morgan fingerprint density at radius 3 is 2.57 bits per heavy atom. The van der Waals surface area contributed by atoms with E-state index >= 15 is 0 Å². The van der Waals surface area contributed by atoms with Crippen molar-refractivity contribution >= 4 is 11.6 Å². The zero-order chi connectivity index (χ0) is 16.2. The minimum absolute atomic E-state index is 0.188. The van der Waals surface area contributed by atoms with Crippen molar-refractivity contribution < 1.29 is 28.0 Å². The molecule has 21 heavy (non-hydrogen) atoms. The molecule has 0 aliphatic heterocycles. The molecule has 1 heterocycles. The maximum Gasteiger partial charge on any atom is 0.406 e. The molecule has 0 aromatic carbocycles. The van der Waals surface area contributed by atoms with Crippen molar-refractivity contribution in [2.24, 2.45) is 0 Å². The number of carbonyl (C=O) groups is 1. The van der Waals surface area contributed by atoms with E-state index in [2.05, 4.69) is 0 Å². The van der Waals surface area contributed by atoms with Gasteiger partial charge >= 0.3 is 6.18 Å². The largest absolute Gasteiger partial charge is 0.406 e. The molecular formula is C11H14F3N3O4. The molecule has 1 N–H and O–H groups in total. The van der Waals surface area contributed by atoms with Crippen LogP contribution in [0, 0.1) is 10.1 Å². The second kappa shape index (κ2) is 6.57. The van der Waals surface area contributed by atoms with Crippen LogP contribution in [0.4, 0.5) is 18.9 Å². The molecule has 1 aromatic rings. The maximum absolute atomic E-state index is 12.4. The summed E-state index contributed by atoms with van der Waals surface area (Å²) in [5.74, 6) is -1.02. The second-order valence-electron chi connectivity index (χ2n) is 4.19. The van der Waals surface area contributed by atoms with Gasteiger partial charge in [0.05, 0.1) is 17.7 Å². The molecule has 1 rings (SSSR count). The van der Waals surface area contributed by atoms with Crippen LogP contribution in [0.1, 0.15) is 17.4 Å². The van der Waals surface area contributed by atoms with Gasteiger partial charge in [-0.25, -0.2) is 0 Å². The molecular weight excluding hydrogens is 295 g/mol. The molecule has 118 valence electrons. The van der Waals surface area contributed by atoms with E-state index in [1.165, 1.54) is 4.57 Å². The smallest absolute Gasteiger partial charge is 0.395 e. The van der Waals surface area contributed by atoms with Crippen molar-refractivity contribution in [3.05, 3.63) is 28.1 Å². The average Bonchev–Trinajstić information content (AvgIpc) is 2.80. The first-order chi connectivity index (χ1) is 9.69. The van der Waals surface area contributed by atoms with E-state index in [0.29, 0.717) is 4.90 Å². The summed E-state index contributed by atoms with van der Waals surface area (Å²) >= 11 is 0. The molecule has 0 saturated carbocycles. The zero-order valence-electron chi connectivity index (χ0n) is 11.1. The van der Waals surface area contributed by atoms with E-state index in [-0.39, 0.29) is 17.9 Å². The fourth-order valence-electron chi connectivity index (χ4n) is 1.79. The van der Waals surface area contributed by atoms with Gasteiger partial charge in [-0.2, -0.15) is 13.2 Å². The quantitative estimate of drug-likeness (QED) is 0.635. The number of hydrogen-bond donors (Lipinski definition) is 1. The summed E-state index contributed by atoms with van der Waals surface area (Å²) in [6, 6.07) is 0.923. The van der Waals surface area contributed by atoms with Crippen molar-refractivity contribution in [1.82, 2.24) is 9.47 Å². The number of aromatic nitrogens is 1. The van der Waals surface area contributed by atoms with Crippen molar-refractivity contribution in [2.45, 2.75) is 19.6 Å². The summed E-state index contributed by atoms with van der Waals surface area (Å²) in [7, 11) is 0. The van der Waals surface area contributed by atoms with Gasteiger partial charge in [-0.1, -0.05) is 0 Å². The Morgan fingerprint density at radius 2 is 2.14 bits per heavy atom. The first-order valence-corrected chi connectivity index (χ1v) is 6.01. The number of alkyl halides is 3. The third-order valence-electron chi connectivity index (χ3n) is 2.68. The van der Waals surface area contributed by atoms with E-state index in [1.54, 1.807) is 6.92 Å². The lowest BCUT2D eigenvalue weighted by Crippen LogP contribution is -2.41. The van der Waals surface area contributed by atoms with Gasteiger partial charge < -0.3 is 14.6 Å². The molecule has 0 atom stereocenters. The highest BCUT2D eigenvalue weighted by molar-refractivity contribution is 5.93. The van der Waals surface area contributed by atoms with Gasteiger partial charge in [0.25, 0.3) is 11.6 Å². The fraction of sp³-hybridized carbons (Fsp3) is 0.545. The van der Waals surface area contributed by atoms with Crippen LogP contribution < -0.4 is 0 Å². The summed E-state index contributed by atoms with van der Waals surface area (Å²) in [6.07, 6.45) is -3.54. The number of amides is 1. The number of halogens is 3. The molecule has 0 unspecified atom stereocenters. The van der Waals surface area contributed by atoms with E-state index in [0.717, 1.165) is 12.3 Å². The predicted octanol–water partition coefficient (Wildman–Crippen LogP) is 1.41. The van der Waals surface area contributed by atoms with Gasteiger partial charge in [0.15, 0.2) is 0 Å². The zero-order valence-corrected chi connectivity index (χ0v) is 11.1. The lowest BCUT2D eigenvalue weighted by Gasteiger charge is -2.23. The second-order valence-corrected chi connectivity index (χ2v) is 4.19. The highest BCUT2D eigenvalue weighted by Gasteiger charge is 2.34. The van der Waals surface area contributed by atoms with Crippen LogP contribution in [0.15, 0.2) is 12.3 Å². The minimum Gasteiger partial charge on any atom is -0.395 e. The number of nitro groups is 1. The average molecular weight is 309 g/mol. The fourth-order valence-corrected chi connectivity index (χ4v) is 1.79. The Bertz CT molecular complexity index is 527. The Kier molecular flexibility index (Phi) is 5.30. The molecule has 7 nitrogen and oxygen atoms in total. The number of nitrogens with zero attached hydrogens (tertiary/aromatic N) is 3. The number of aryl methyl sites for hydroxylation is 1. The lowest BCUT2D eigenvalue weighted by atomic mass is 10.3. The Labute approximate surface area is 117 Å². The number of hydrogen-bond acceptors (Lipinski definition) is 4.